The molecule has 0 bridgehead atoms. The van der Waals surface area contributed by atoms with Gasteiger partial charge >= 0.3 is 5.97 Å². The molecule has 116 valence electrons. The van der Waals surface area contributed by atoms with Gasteiger partial charge in [-0.2, -0.15) is 0 Å². The van der Waals surface area contributed by atoms with E-state index < -0.39 is 5.97 Å². The number of hydrogen-bond donors (Lipinski definition) is 1. The van der Waals surface area contributed by atoms with Crippen LogP contribution in [0.2, 0.25) is 0 Å². The molecule has 0 spiro atoms. The van der Waals surface area contributed by atoms with Crippen LogP contribution in [-0.2, 0) is 14.3 Å². The summed E-state index contributed by atoms with van der Waals surface area (Å²) in [5.74, 6) is -0.502. The first kappa shape index (κ1) is 18.0. The number of nitrogens with one attached hydrogen (secondary N) is 1. The molecule has 0 aromatic heterocycles. The van der Waals surface area contributed by atoms with E-state index in [0.29, 0.717) is 0 Å². The second-order valence-corrected chi connectivity index (χ2v) is 7.59. The van der Waals surface area contributed by atoms with Crippen molar-refractivity contribution in [2.75, 3.05) is 12.4 Å². The van der Waals surface area contributed by atoms with Crippen molar-refractivity contribution < 1.29 is 14.3 Å². The first-order valence-electron chi connectivity index (χ1n) is 6.53. The fourth-order valence-electron chi connectivity index (χ4n) is 1.55. The Kier molecular flexibility index (Phi) is 6.74. The van der Waals surface area contributed by atoms with E-state index in [-0.39, 0.29) is 23.8 Å². The Morgan fingerprint density at radius 3 is 2.57 bits per heavy atom. The molecule has 4 nitrogen and oxygen atoms in total. The summed E-state index contributed by atoms with van der Waals surface area (Å²) in [7, 11) is 0. The number of carbonyl (C=O) groups excluding carboxylic acids is 2. The van der Waals surface area contributed by atoms with Crippen LogP contribution in [-0.4, -0.2) is 29.8 Å². The predicted octanol–water partition coefficient (Wildman–Crippen LogP) is 3.31. The van der Waals surface area contributed by atoms with Crippen LogP contribution in [0, 0.1) is 6.92 Å². The number of hydrogen-bond acceptors (Lipinski definition) is 4. The minimum atomic E-state index is -0.397. The van der Waals surface area contributed by atoms with E-state index in [0.717, 1.165) is 14.9 Å². The first-order valence-corrected chi connectivity index (χ1v) is 8.31. The van der Waals surface area contributed by atoms with Gasteiger partial charge < -0.3 is 10.1 Å². The highest BCUT2D eigenvalue weighted by Gasteiger charge is 2.15. The summed E-state index contributed by atoms with van der Waals surface area (Å²) >= 11 is 4.80. The number of ether oxygens (including phenoxy) is 1. The molecule has 0 saturated heterocycles. The topological polar surface area (TPSA) is 55.4 Å². The van der Waals surface area contributed by atoms with Crippen LogP contribution in [0.15, 0.2) is 27.6 Å². The molecular formula is C15H20BrNO3S. The molecule has 21 heavy (non-hydrogen) atoms. The summed E-state index contributed by atoms with van der Waals surface area (Å²) in [5, 5.41) is 2.74. The zero-order valence-corrected chi connectivity index (χ0v) is 15.1. The SMILES string of the molecule is Cc1cc(Br)ccc1SCC(=O)OCC(=O)NC(C)(C)C. The van der Waals surface area contributed by atoms with Gasteiger partial charge in [-0.05, 0) is 51.5 Å². The molecular weight excluding hydrogens is 354 g/mol. The fourth-order valence-corrected chi connectivity index (χ4v) is 2.84. The summed E-state index contributed by atoms with van der Waals surface area (Å²) in [6, 6.07) is 5.87. The standard InChI is InChI=1S/C15H20BrNO3S/c1-10-7-11(16)5-6-12(10)21-9-14(19)20-8-13(18)17-15(2,3)4/h5-7H,8-9H2,1-4H3,(H,17,18). The third-order valence-electron chi connectivity index (χ3n) is 2.36. The molecule has 1 aromatic rings. The Hall–Kier alpha value is -1.01. The van der Waals surface area contributed by atoms with Gasteiger partial charge in [0.05, 0.1) is 5.75 Å². The highest BCUT2D eigenvalue weighted by molar-refractivity contribution is 9.10. The van der Waals surface area contributed by atoms with Gasteiger partial charge in [0, 0.05) is 14.9 Å². The molecule has 0 fully saturated rings. The summed E-state index contributed by atoms with van der Waals surface area (Å²) in [5.41, 5.74) is 0.764. The molecule has 6 heteroatoms. The summed E-state index contributed by atoms with van der Waals surface area (Å²) in [4.78, 5) is 24.2. The minimum absolute atomic E-state index is 0.186. The van der Waals surface area contributed by atoms with Crippen LogP contribution in [0.4, 0.5) is 0 Å². The lowest BCUT2D eigenvalue weighted by atomic mass is 10.1. The van der Waals surface area contributed by atoms with Gasteiger partial charge in [0.2, 0.25) is 0 Å². The molecule has 0 saturated carbocycles. The molecule has 0 atom stereocenters. The number of carbonyl (C=O) groups is 2. The molecule has 1 rings (SSSR count). The highest BCUT2D eigenvalue weighted by atomic mass is 79.9. The number of rotatable bonds is 5. The van der Waals surface area contributed by atoms with Crippen molar-refractivity contribution in [3.8, 4) is 0 Å². The van der Waals surface area contributed by atoms with E-state index in [4.69, 9.17) is 4.74 Å². The maximum Gasteiger partial charge on any atom is 0.316 e. The minimum Gasteiger partial charge on any atom is -0.455 e. The Balaban J connectivity index is 2.36. The van der Waals surface area contributed by atoms with Gasteiger partial charge in [0.15, 0.2) is 6.61 Å². The Labute approximate surface area is 138 Å². The third kappa shape index (κ3) is 7.52. The largest absolute Gasteiger partial charge is 0.455 e. The van der Waals surface area contributed by atoms with Gasteiger partial charge in [-0.15, -0.1) is 11.8 Å². The molecule has 0 heterocycles. The van der Waals surface area contributed by atoms with Crippen molar-refractivity contribution in [1.82, 2.24) is 5.32 Å². The fraction of sp³-hybridized carbons (Fsp3) is 0.467. The molecule has 1 aromatic carbocycles. The van der Waals surface area contributed by atoms with Gasteiger partial charge in [-0.1, -0.05) is 15.9 Å². The Morgan fingerprint density at radius 1 is 1.33 bits per heavy atom. The molecule has 1 amide bonds. The van der Waals surface area contributed by atoms with Crippen molar-refractivity contribution in [2.24, 2.45) is 0 Å². The van der Waals surface area contributed by atoms with E-state index in [2.05, 4.69) is 21.2 Å². The normalized spacial score (nSPS) is 11.1. The summed E-state index contributed by atoms with van der Waals surface area (Å²) < 4.78 is 5.96. The van der Waals surface area contributed by atoms with Crippen LogP contribution in [0.1, 0.15) is 26.3 Å². The molecule has 0 radical (unpaired) electrons. The molecule has 0 unspecified atom stereocenters. The van der Waals surface area contributed by atoms with Gasteiger partial charge in [0.1, 0.15) is 0 Å². The van der Waals surface area contributed by atoms with Gasteiger partial charge in [-0.3, -0.25) is 9.59 Å². The predicted molar refractivity (Wildman–Crippen MR) is 88.5 cm³/mol. The second kappa shape index (κ2) is 7.84. The van der Waals surface area contributed by atoms with E-state index >= 15 is 0 Å². The quantitative estimate of drug-likeness (QED) is 0.635. The lowest BCUT2D eigenvalue weighted by Gasteiger charge is -2.20. The van der Waals surface area contributed by atoms with Crippen molar-refractivity contribution in [3.05, 3.63) is 28.2 Å². The van der Waals surface area contributed by atoms with Crippen LogP contribution < -0.4 is 5.32 Å². The number of aryl methyl sites for hydroxylation is 1. The first-order chi connectivity index (χ1) is 9.67. The Morgan fingerprint density at radius 2 is 2.00 bits per heavy atom. The lowest BCUT2D eigenvalue weighted by Crippen LogP contribution is -2.42. The maximum absolute atomic E-state index is 11.6. The van der Waals surface area contributed by atoms with Crippen LogP contribution >= 0.6 is 27.7 Å². The van der Waals surface area contributed by atoms with Crippen molar-refractivity contribution in [1.29, 1.82) is 0 Å². The smallest absolute Gasteiger partial charge is 0.316 e. The number of thioether (sulfide) groups is 1. The van der Waals surface area contributed by atoms with Gasteiger partial charge in [0.25, 0.3) is 5.91 Å². The number of amides is 1. The highest BCUT2D eigenvalue weighted by Crippen LogP contribution is 2.25. The van der Waals surface area contributed by atoms with E-state index in [1.165, 1.54) is 11.8 Å². The second-order valence-electron chi connectivity index (χ2n) is 5.66. The number of esters is 1. The average Bonchev–Trinajstić information content (AvgIpc) is 2.33. The number of benzene rings is 1. The molecule has 0 aliphatic heterocycles. The van der Waals surface area contributed by atoms with E-state index in [1.54, 1.807) is 0 Å². The summed E-state index contributed by atoms with van der Waals surface area (Å²) in [6.45, 7) is 7.36. The third-order valence-corrected chi connectivity index (χ3v) is 4.00. The van der Waals surface area contributed by atoms with E-state index in [1.807, 2.05) is 45.9 Å². The average molecular weight is 374 g/mol. The monoisotopic (exact) mass is 373 g/mol. The molecule has 0 aliphatic rings. The summed E-state index contributed by atoms with van der Waals surface area (Å²) in [6.07, 6.45) is 0. The zero-order valence-electron chi connectivity index (χ0n) is 12.7. The van der Waals surface area contributed by atoms with Crippen LogP contribution in [0.25, 0.3) is 0 Å². The zero-order chi connectivity index (χ0) is 16.0. The van der Waals surface area contributed by atoms with Crippen LogP contribution in [0.3, 0.4) is 0 Å². The Bertz CT molecular complexity index is 526. The van der Waals surface area contributed by atoms with Crippen LogP contribution in [0.5, 0.6) is 0 Å². The molecule has 1 N–H and O–H groups in total. The maximum atomic E-state index is 11.6. The molecule has 0 aliphatic carbocycles. The van der Waals surface area contributed by atoms with Crippen molar-refractivity contribution in [3.63, 3.8) is 0 Å². The van der Waals surface area contributed by atoms with Crippen molar-refractivity contribution in [2.45, 2.75) is 38.1 Å². The van der Waals surface area contributed by atoms with Gasteiger partial charge in [-0.25, -0.2) is 0 Å². The van der Waals surface area contributed by atoms with E-state index in [9.17, 15) is 9.59 Å². The van der Waals surface area contributed by atoms with Crippen molar-refractivity contribution >= 4 is 39.6 Å². The lowest BCUT2D eigenvalue weighted by molar-refractivity contribution is -0.146. The number of halogens is 1.